The zero-order chi connectivity index (χ0) is 17.5. The second-order valence-electron chi connectivity index (χ2n) is 5.79. The van der Waals surface area contributed by atoms with Crippen LogP contribution in [0, 0.1) is 10.5 Å². The molecule has 0 aromatic heterocycles. The minimum Gasteiger partial charge on any atom is -0.454 e. The zero-order valence-corrected chi connectivity index (χ0v) is 15.8. The van der Waals surface area contributed by atoms with Gasteiger partial charge in [-0.1, -0.05) is 6.42 Å². The van der Waals surface area contributed by atoms with Gasteiger partial charge in [-0.3, -0.25) is 14.4 Å². The summed E-state index contributed by atoms with van der Waals surface area (Å²) >= 11 is 2.20. The Bertz CT molecular complexity index is 633. The molecule has 2 amide bonds. The maximum atomic E-state index is 11.9. The molecule has 1 heterocycles. The van der Waals surface area contributed by atoms with Crippen LogP contribution in [0.1, 0.15) is 31.2 Å². The first-order valence-corrected chi connectivity index (χ1v) is 9.03. The third kappa shape index (κ3) is 5.77. The predicted octanol–water partition coefficient (Wildman–Crippen LogP) is 2.48. The van der Waals surface area contributed by atoms with Crippen molar-refractivity contribution in [3.05, 3.63) is 27.3 Å². The fourth-order valence-electron chi connectivity index (χ4n) is 2.51. The van der Waals surface area contributed by atoms with E-state index in [1.165, 1.54) is 4.90 Å². The number of anilines is 1. The van der Waals surface area contributed by atoms with Crippen molar-refractivity contribution in [2.75, 3.05) is 25.0 Å². The highest BCUT2D eigenvalue weighted by molar-refractivity contribution is 14.1. The van der Waals surface area contributed by atoms with Gasteiger partial charge in [0.1, 0.15) is 6.54 Å². The third-order valence-corrected chi connectivity index (χ3v) is 4.49. The average molecular weight is 444 g/mol. The van der Waals surface area contributed by atoms with E-state index in [-0.39, 0.29) is 19.1 Å². The smallest absolute Gasteiger partial charge is 0.326 e. The van der Waals surface area contributed by atoms with E-state index in [4.69, 9.17) is 4.74 Å². The molecular formula is C17H21IN2O4. The fraction of sp³-hybridized carbons (Fsp3) is 0.471. The van der Waals surface area contributed by atoms with Gasteiger partial charge < -0.3 is 15.0 Å². The van der Waals surface area contributed by atoms with Crippen LogP contribution in [0.2, 0.25) is 0 Å². The topological polar surface area (TPSA) is 75.7 Å². The van der Waals surface area contributed by atoms with E-state index < -0.39 is 11.9 Å². The number of carbonyl (C=O) groups excluding carboxylic acids is 3. The van der Waals surface area contributed by atoms with Gasteiger partial charge in [-0.05, 0) is 66.1 Å². The van der Waals surface area contributed by atoms with E-state index in [0.717, 1.165) is 28.4 Å². The zero-order valence-electron chi connectivity index (χ0n) is 13.6. The number of carbonyl (C=O) groups is 3. The summed E-state index contributed by atoms with van der Waals surface area (Å²) in [6, 6.07) is 5.65. The number of amides is 2. The van der Waals surface area contributed by atoms with Crippen molar-refractivity contribution in [3.8, 4) is 0 Å². The van der Waals surface area contributed by atoms with Gasteiger partial charge in [0.05, 0.1) is 0 Å². The van der Waals surface area contributed by atoms with E-state index >= 15 is 0 Å². The maximum absolute atomic E-state index is 11.9. The van der Waals surface area contributed by atoms with Crippen LogP contribution in [0.4, 0.5) is 5.69 Å². The first-order chi connectivity index (χ1) is 11.5. The molecule has 1 aliphatic heterocycles. The molecule has 24 heavy (non-hydrogen) atoms. The molecule has 0 atom stereocenters. The maximum Gasteiger partial charge on any atom is 0.326 e. The second-order valence-corrected chi connectivity index (χ2v) is 7.04. The van der Waals surface area contributed by atoms with Gasteiger partial charge in [-0.25, -0.2) is 0 Å². The Balaban J connectivity index is 1.78. The van der Waals surface area contributed by atoms with Crippen LogP contribution in [-0.2, 0) is 19.1 Å². The van der Waals surface area contributed by atoms with E-state index in [1.807, 2.05) is 25.1 Å². The molecule has 2 rings (SSSR count). The van der Waals surface area contributed by atoms with Crippen molar-refractivity contribution in [2.24, 2.45) is 0 Å². The Kier molecular flexibility index (Phi) is 7.01. The first kappa shape index (κ1) is 18.7. The van der Waals surface area contributed by atoms with Crippen molar-refractivity contribution in [3.63, 3.8) is 0 Å². The van der Waals surface area contributed by atoms with Gasteiger partial charge in [0.25, 0.3) is 5.91 Å². The molecule has 0 aliphatic carbocycles. The molecule has 7 heteroatoms. The summed E-state index contributed by atoms with van der Waals surface area (Å²) in [6.07, 6.45) is 3.22. The van der Waals surface area contributed by atoms with Crippen molar-refractivity contribution in [2.45, 2.75) is 32.6 Å². The number of nitrogens with one attached hydrogen (secondary N) is 1. The second kappa shape index (κ2) is 9.00. The lowest BCUT2D eigenvalue weighted by atomic mass is 10.2. The van der Waals surface area contributed by atoms with Gasteiger partial charge in [-0.2, -0.15) is 0 Å². The molecule has 6 nitrogen and oxygen atoms in total. The van der Waals surface area contributed by atoms with Crippen LogP contribution in [-0.4, -0.2) is 42.4 Å². The molecule has 0 saturated carbocycles. The first-order valence-electron chi connectivity index (χ1n) is 7.95. The van der Waals surface area contributed by atoms with E-state index in [1.54, 1.807) is 0 Å². The normalized spacial score (nSPS) is 14.9. The lowest BCUT2D eigenvalue weighted by Crippen LogP contribution is -2.36. The predicted molar refractivity (Wildman–Crippen MR) is 98.5 cm³/mol. The van der Waals surface area contributed by atoms with Crippen molar-refractivity contribution >= 4 is 46.1 Å². The molecule has 130 valence electrons. The van der Waals surface area contributed by atoms with Gasteiger partial charge in [-0.15, -0.1) is 0 Å². The third-order valence-electron chi connectivity index (χ3n) is 3.82. The Morgan fingerprint density at radius 2 is 2.08 bits per heavy atom. The van der Waals surface area contributed by atoms with Gasteiger partial charge >= 0.3 is 5.97 Å². The van der Waals surface area contributed by atoms with Crippen LogP contribution >= 0.6 is 22.6 Å². The summed E-state index contributed by atoms with van der Waals surface area (Å²) in [4.78, 5) is 37.1. The monoisotopic (exact) mass is 444 g/mol. The molecular weight excluding hydrogens is 423 g/mol. The highest BCUT2D eigenvalue weighted by Crippen LogP contribution is 2.17. The van der Waals surface area contributed by atoms with Crippen LogP contribution in [0.5, 0.6) is 0 Å². The summed E-state index contributed by atoms with van der Waals surface area (Å²) in [5.74, 6) is -0.974. The number of likely N-dealkylation sites (tertiary alicyclic amines) is 1. The number of ether oxygens (including phenoxy) is 1. The largest absolute Gasteiger partial charge is 0.454 e. The summed E-state index contributed by atoms with van der Waals surface area (Å²) in [6.45, 7) is 2.03. The van der Waals surface area contributed by atoms with Gasteiger partial charge in [0.2, 0.25) is 5.91 Å². The van der Waals surface area contributed by atoms with Crippen molar-refractivity contribution in [1.29, 1.82) is 0 Å². The summed E-state index contributed by atoms with van der Waals surface area (Å²) < 4.78 is 6.07. The summed E-state index contributed by atoms with van der Waals surface area (Å²) in [5, 5.41) is 2.72. The number of esters is 1. The van der Waals surface area contributed by atoms with E-state index in [0.29, 0.717) is 18.7 Å². The minimum absolute atomic E-state index is 0.0246. The molecule has 1 N–H and O–H groups in total. The number of nitrogens with zero attached hydrogens (tertiary/aromatic N) is 1. The lowest BCUT2D eigenvalue weighted by molar-refractivity contribution is -0.151. The van der Waals surface area contributed by atoms with E-state index in [2.05, 4.69) is 27.9 Å². The minimum atomic E-state index is -0.556. The van der Waals surface area contributed by atoms with Crippen LogP contribution in [0.3, 0.4) is 0 Å². The molecule has 0 radical (unpaired) electrons. The molecule has 0 spiro atoms. The standard InChI is InChI=1S/C17H21IN2O4/c1-12-9-13(18)6-7-14(12)19-15(21)11-24-17(23)10-20-8-4-2-3-5-16(20)22/h6-7,9H,2-5,8,10-11H2,1H3,(H,19,21). The molecule has 0 bridgehead atoms. The molecule has 1 aromatic carbocycles. The highest BCUT2D eigenvalue weighted by Gasteiger charge is 2.20. The molecule has 1 saturated heterocycles. The van der Waals surface area contributed by atoms with Crippen LogP contribution < -0.4 is 5.32 Å². The quantitative estimate of drug-likeness (QED) is 0.560. The van der Waals surface area contributed by atoms with Crippen molar-refractivity contribution in [1.82, 2.24) is 4.90 Å². The summed E-state index contributed by atoms with van der Waals surface area (Å²) in [5.41, 5.74) is 1.64. The summed E-state index contributed by atoms with van der Waals surface area (Å²) in [7, 11) is 0. The average Bonchev–Trinajstić information content (AvgIpc) is 2.73. The Morgan fingerprint density at radius 3 is 2.83 bits per heavy atom. The fourth-order valence-corrected chi connectivity index (χ4v) is 3.15. The Labute approximate surface area is 155 Å². The van der Waals surface area contributed by atoms with Crippen LogP contribution in [0.25, 0.3) is 0 Å². The molecule has 1 aromatic rings. The van der Waals surface area contributed by atoms with Gasteiger partial charge in [0.15, 0.2) is 6.61 Å². The lowest BCUT2D eigenvalue weighted by Gasteiger charge is -2.19. The van der Waals surface area contributed by atoms with Gasteiger partial charge in [0, 0.05) is 22.2 Å². The van der Waals surface area contributed by atoms with Crippen LogP contribution in [0.15, 0.2) is 18.2 Å². The molecule has 0 unspecified atom stereocenters. The highest BCUT2D eigenvalue weighted by atomic mass is 127. The molecule has 1 aliphatic rings. The number of hydrogen-bond donors (Lipinski definition) is 1. The molecule has 1 fully saturated rings. The number of aryl methyl sites for hydroxylation is 1. The SMILES string of the molecule is Cc1cc(I)ccc1NC(=O)COC(=O)CN1CCCCCC1=O. The number of halogens is 1. The number of rotatable bonds is 5. The van der Waals surface area contributed by atoms with E-state index in [9.17, 15) is 14.4 Å². The Morgan fingerprint density at radius 1 is 1.29 bits per heavy atom. The number of hydrogen-bond acceptors (Lipinski definition) is 4. The number of benzene rings is 1. The van der Waals surface area contributed by atoms with Crippen molar-refractivity contribution < 1.29 is 19.1 Å². The Hall–Kier alpha value is -1.64.